The van der Waals surface area contributed by atoms with Gasteiger partial charge in [-0.2, -0.15) is 0 Å². The Hall–Kier alpha value is 0.0700. The van der Waals surface area contributed by atoms with E-state index in [1.807, 2.05) is 11.7 Å². The zero-order valence-electron chi connectivity index (χ0n) is 7.79. The number of rotatable bonds is 6. The first-order valence-corrected chi connectivity index (χ1v) is 6.34. The van der Waals surface area contributed by atoms with Crippen LogP contribution in [-0.4, -0.2) is 16.4 Å². The number of alkyl halides is 1. The molecule has 0 saturated heterocycles. The maximum atomic E-state index is 4.02. The van der Waals surface area contributed by atoms with Gasteiger partial charge in [-0.15, -0.1) is 11.3 Å². The largest absolute Gasteiger partial charge is 0.312 e. The van der Waals surface area contributed by atoms with Crippen molar-refractivity contribution < 1.29 is 0 Å². The van der Waals surface area contributed by atoms with E-state index < -0.39 is 0 Å². The highest BCUT2D eigenvalue weighted by Crippen LogP contribution is 2.08. The van der Waals surface area contributed by atoms with Crippen LogP contribution in [0.3, 0.4) is 0 Å². The van der Waals surface area contributed by atoms with Gasteiger partial charge < -0.3 is 5.32 Å². The first kappa shape index (κ1) is 11.1. The number of hydrogen-bond donors (Lipinski definition) is 1. The van der Waals surface area contributed by atoms with Gasteiger partial charge in [0.15, 0.2) is 0 Å². The van der Waals surface area contributed by atoms with Crippen LogP contribution in [0.4, 0.5) is 0 Å². The Bertz CT molecular complexity index is 213. The minimum Gasteiger partial charge on any atom is -0.312 e. The number of hydrogen-bond acceptors (Lipinski definition) is 3. The molecule has 0 aliphatic carbocycles. The van der Waals surface area contributed by atoms with Crippen molar-refractivity contribution in [1.29, 1.82) is 0 Å². The van der Waals surface area contributed by atoms with Gasteiger partial charge in [0.2, 0.25) is 0 Å². The summed E-state index contributed by atoms with van der Waals surface area (Å²) in [6, 6.07) is 0. The van der Waals surface area contributed by atoms with E-state index in [0.29, 0.717) is 4.83 Å². The van der Waals surface area contributed by atoms with E-state index in [1.54, 1.807) is 11.3 Å². The van der Waals surface area contributed by atoms with Gasteiger partial charge in [0.25, 0.3) is 0 Å². The summed E-state index contributed by atoms with van der Waals surface area (Å²) in [4.78, 5) is 5.98. The topological polar surface area (TPSA) is 24.9 Å². The Morgan fingerprint density at radius 1 is 1.69 bits per heavy atom. The van der Waals surface area contributed by atoms with Gasteiger partial charge in [0, 0.05) is 22.4 Å². The molecule has 0 aromatic carbocycles. The predicted molar refractivity (Wildman–Crippen MR) is 61.4 cm³/mol. The Morgan fingerprint density at radius 2 is 2.54 bits per heavy atom. The standard InChI is InChI=1S/C9H15BrN2S/c1-2-8(10)3-4-11-5-9-6-12-7-13-9/h6-8,11H,2-5H2,1H3. The minimum absolute atomic E-state index is 0.654. The van der Waals surface area contributed by atoms with Crippen LogP contribution in [0.25, 0.3) is 0 Å². The second kappa shape index (κ2) is 6.51. The SMILES string of the molecule is CCC(Br)CCNCc1cncs1. The van der Waals surface area contributed by atoms with Crippen LogP contribution in [0.15, 0.2) is 11.7 Å². The Morgan fingerprint density at radius 3 is 3.15 bits per heavy atom. The van der Waals surface area contributed by atoms with Gasteiger partial charge in [-0.05, 0) is 19.4 Å². The fourth-order valence-corrected chi connectivity index (χ4v) is 1.80. The molecular weight excluding hydrogens is 248 g/mol. The molecule has 0 aliphatic rings. The minimum atomic E-state index is 0.654. The van der Waals surface area contributed by atoms with Crippen LogP contribution in [0, 0.1) is 0 Å². The molecule has 0 aliphatic heterocycles. The molecule has 1 aromatic rings. The van der Waals surface area contributed by atoms with Gasteiger partial charge in [0.1, 0.15) is 0 Å². The highest BCUT2D eigenvalue weighted by Gasteiger charge is 1.99. The molecule has 13 heavy (non-hydrogen) atoms. The average Bonchev–Trinajstić information content (AvgIpc) is 2.64. The summed E-state index contributed by atoms with van der Waals surface area (Å²) in [5.74, 6) is 0. The van der Waals surface area contributed by atoms with E-state index in [4.69, 9.17) is 0 Å². The van der Waals surface area contributed by atoms with Gasteiger partial charge in [-0.25, -0.2) is 0 Å². The normalized spacial score (nSPS) is 13.1. The van der Waals surface area contributed by atoms with E-state index in [-0.39, 0.29) is 0 Å². The van der Waals surface area contributed by atoms with Gasteiger partial charge in [0.05, 0.1) is 5.51 Å². The Balaban J connectivity index is 2.02. The third-order valence-electron chi connectivity index (χ3n) is 1.86. The molecular formula is C9H15BrN2S. The third kappa shape index (κ3) is 4.74. The highest BCUT2D eigenvalue weighted by atomic mass is 79.9. The number of aromatic nitrogens is 1. The molecule has 1 unspecified atom stereocenters. The summed E-state index contributed by atoms with van der Waals surface area (Å²) in [5.41, 5.74) is 1.87. The molecule has 1 atom stereocenters. The fourth-order valence-electron chi connectivity index (χ4n) is 1.00. The predicted octanol–water partition coefficient (Wildman–Crippen LogP) is 2.80. The lowest BCUT2D eigenvalue weighted by Gasteiger charge is -2.06. The van der Waals surface area contributed by atoms with Crippen molar-refractivity contribution in [2.45, 2.75) is 31.1 Å². The molecule has 0 spiro atoms. The van der Waals surface area contributed by atoms with Gasteiger partial charge in [-0.1, -0.05) is 22.9 Å². The molecule has 0 fully saturated rings. The van der Waals surface area contributed by atoms with E-state index in [0.717, 1.165) is 13.1 Å². The number of halogens is 1. The molecule has 1 rings (SSSR count). The van der Waals surface area contributed by atoms with Crippen molar-refractivity contribution in [3.8, 4) is 0 Å². The molecule has 0 bridgehead atoms. The Labute approximate surface area is 91.9 Å². The van der Waals surface area contributed by atoms with Crippen molar-refractivity contribution in [3.63, 3.8) is 0 Å². The van der Waals surface area contributed by atoms with Gasteiger partial charge in [-0.3, -0.25) is 4.98 Å². The maximum absolute atomic E-state index is 4.02. The second-order valence-electron chi connectivity index (χ2n) is 2.94. The van der Waals surface area contributed by atoms with Crippen LogP contribution in [0.5, 0.6) is 0 Å². The van der Waals surface area contributed by atoms with Crippen molar-refractivity contribution >= 4 is 27.3 Å². The summed E-state index contributed by atoms with van der Waals surface area (Å²) in [6.45, 7) is 4.22. The van der Waals surface area contributed by atoms with Crippen LogP contribution >= 0.6 is 27.3 Å². The van der Waals surface area contributed by atoms with Crippen molar-refractivity contribution in [2.75, 3.05) is 6.54 Å². The summed E-state index contributed by atoms with van der Waals surface area (Å²) in [5, 5.41) is 3.39. The fraction of sp³-hybridized carbons (Fsp3) is 0.667. The molecule has 2 nitrogen and oxygen atoms in total. The summed E-state index contributed by atoms with van der Waals surface area (Å²) in [7, 11) is 0. The van der Waals surface area contributed by atoms with Gasteiger partial charge >= 0.3 is 0 Å². The lowest BCUT2D eigenvalue weighted by atomic mass is 10.2. The molecule has 74 valence electrons. The first-order chi connectivity index (χ1) is 6.33. The zero-order valence-corrected chi connectivity index (χ0v) is 10.2. The summed E-state index contributed by atoms with van der Waals surface area (Å²) in [6.07, 6.45) is 4.31. The molecule has 4 heteroatoms. The van der Waals surface area contributed by atoms with Crippen LogP contribution in [0.1, 0.15) is 24.6 Å². The molecule has 1 heterocycles. The Kier molecular flexibility index (Phi) is 5.58. The third-order valence-corrected chi connectivity index (χ3v) is 3.74. The zero-order chi connectivity index (χ0) is 9.52. The monoisotopic (exact) mass is 262 g/mol. The van der Waals surface area contributed by atoms with Crippen molar-refractivity contribution in [1.82, 2.24) is 10.3 Å². The van der Waals surface area contributed by atoms with Crippen LogP contribution < -0.4 is 5.32 Å². The van der Waals surface area contributed by atoms with E-state index in [9.17, 15) is 0 Å². The quantitative estimate of drug-likeness (QED) is 0.630. The van der Waals surface area contributed by atoms with Crippen molar-refractivity contribution in [3.05, 3.63) is 16.6 Å². The van der Waals surface area contributed by atoms with Crippen molar-refractivity contribution in [2.24, 2.45) is 0 Å². The summed E-state index contributed by atoms with van der Waals surface area (Å²) >= 11 is 5.31. The van der Waals surface area contributed by atoms with E-state index in [1.165, 1.54) is 17.7 Å². The lowest BCUT2D eigenvalue weighted by Crippen LogP contribution is -2.16. The lowest BCUT2D eigenvalue weighted by molar-refractivity contribution is 0.633. The highest BCUT2D eigenvalue weighted by molar-refractivity contribution is 9.09. The molecule has 1 N–H and O–H groups in total. The van der Waals surface area contributed by atoms with Crippen LogP contribution in [-0.2, 0) is 6.54 Å². The molecule has 0 saturated carbocycles. The average molecular weight is 263 g/mol. The first-order valence-electron chi connectivity index (χ1n) is 4.55. The molecule has 1 aromatic heterocycles. The second-order valence-corrected chi connectivity index (χ2v) is 5.20. The van der Waals surface area contributed by atoms with E-state index >= 15 is 0 Å². The number of nitrogens with one attached hydrogen (secondary N) is 1. The molecule has 0 amide bonds. The summed E-state index contributed by atoms with van der Waals surface area (Å²) < 4.78 is 0. The maximum Gasteiger partial charge on any atom is 0.0794 e. The van der Waals surface area contributed by atoms with E-state index in [2.05, 4.69) is 33.2 Å². The van der Waals surface area contributed by atoms with Crippen LogP contribution in [0.2, 0.25) is 0 Å². The number of nitrogens with zero attached hydrogens (tertiary/aromatic N) is 1. The smallest absolute Gasteiger partial charge is 0.0794 e. The number of thiazole rings is 1. The molecule has 0 radical (unpaired) electrons.